The Morgan fingerprint density at radius 2 is 1.97 bits per heavy atom. The molecule has 9 heteroatoms. The van der Waals surface area contributed by atoms with Crippen LogP contribution in [0.2, 0.25) is 0 Å². The fourth-order valence-electron chi connectivity index (χ4n) is 3.63. The lowest BCUT2D eigenvalue weighted by molar-refractivity contribution is -0.118. The number of carbonyl (C=O) groups is 2. The number of urea groups is 1. The van der Waals surface area contributed by atoms with Gasteiger partial charge in [0.15, 0.2) is 9.84 Å². The first-order valence-electron chi connectivity index (χ1n) is 10.9. The summed E-state index contributed by atoms with van der Waals surface area (Å²) in [6, 6.07) is 2.78. The van der Waals surface area contributed by atoms with E-state index in [1.807, 2.05) is 0 Å². The van der Waals surface area contributed by atoms with Crippen LogP contribution in [-0.4, -0.2) is 56.5 Å². The molecule has 2 fully saturated rings. The molecule has 3 rings (SSSR count). The topological polar surface area (TPSA) is 92.8 Å². The van der Waals surface area contributed by atoms with E-state index in [0.717, 1.165) is 12.8 Å². The van der Waals surface area contributed by atoms with Crippen molar-refractivity contribution in [3.05, 3.63) is 29.1 Å². The Bertz CT molecular complexity index is 930. The number of benzene rings is 1. The zero-order valence-corrected chi connectivity index (χ0v) is 19.0. The second-order valence-corrected chi connectivity index (χ2v) is 11.0. The van der Waals surface area contributed by atoms with Crippen LogP contribution in [0.25, 0.3) is 0 Å². The van der Waals surface area contributed by atoms with Crippen molar-refractivity contribution in [1.29, 1.82) is 0 Å². The van der Waals surface area contributed by atoms with Crippen LogP contribution < -0.4 is 10.1 Å². The summed E-state index contributed by atoms with van der Waals surface area (Å²) in [5.41, 5.74) is 1.08. The van der Waals surface area contributed by atoms with E-state index in [1.165, 1.54) is 11.0 Å². The van der Waals surface area contributed by atoms with Gasteiger partial charge in [0.05, 0.1) is 18.1 Å². The van der Waals surface area contributed by atoms with E-state index in [2.05, 4.69) is 5.32 Å². The highest BCUT2D eigenvalue weighted by Crippen LogP contribution is 2.32. The smallest absolute Gasteiger partial charge is 0.324 e. The van der Waals surface area contributed by atoms with Crippen molar-refractivity contribution in [1.82, 2.24) is 10.2 Å². The molecule has 3 amide bonds. The summed E-state index contributed by atoms with van der Waals surface area (Å²) in [6.07, 6.45) is 4.04. The van der Waals surface area contributed by atoms with E-state index < -0.39 is 15.9 Å². The molecular weight excluding hydrogens is 423 g/mol. The maximum atomic E-state index is 14.4. The normalized spacial score (nSPS) is 17.7. The molecule has 1 N–H and O–H groups in total. The monoisotopic (exact) mass is 454 g/mol. The number of hydrogen-bond acceptors (Lipinski definition) is 5. The van der Waals surface area contributed by atoms with Crippen molar-refractivity contribution in [2.45, 2.75) is 51.9 Å². The van der Waals surface area contributed by atoms with E-state index in [0.29, 0.717) is 55.2 Å². The summed E-state index contributed by atoms with van der Waals surface area (Å²) in [6.45, 7) is 4.53. The molecule has 1 aliphatic heterocycles. The Labute approximate surface area is 183 Å². The Hall–Kier alpha value is -2.16. The molecule has 31 heavy (non-hydrogen) atoms. The summed E-state index contributed by atoms with van der Waals surface area (Å²) in [5, 5.41) is 2.21. The van der Waals surface area contributed by atoms with Crippen LogP contribution in [0.1, 0.15) is 56.1 Å². The lowest BCUT2D eigenvalue weighted by atomic mass is 10.0. The minimum absolute atomic E-state index is 0.0435. The molecule has 1 heterocycles. The van der Waals surface area contributed by atoms with Crippen molar-refractivity contribution in [3.8, 4) is 5.75 Å². The summed E-state index contributed by atoms with van der Waals surface area (Å²) in [4.78, 5) is 24.0. The minimum Gasteiger partial charge on any atom is -0.493 e. The van der Waals surface area contributed by atoms with Crippen molar-refractivity contribution in [2.24, 2.45) is 5.92 Å². The molecular formula is C22H31FN2O5S. The van der Waals surface area contributed by atoms with Gasteiger partial charge in [0.1, 0.15) is 18.1 Å². The van der Waals surface area contributed by atoms with E-state index >= 15 is 0 Å². The number of unbranched alkanes of at least 4 members (excludes halogenated alkanes) is 2. The molecule has 1 aromatic carbocycles. The number of sulfone groups is 1. The predicted molar refractivity (Wildman–Crippen MR) is 115 cm³/mol. The summed E-state index contributed by atoms with van der Waals surface area (Å²) >= 11 is 0. The van der Waals surface area contributed by atoms with E-state index in [9.17, 15) is 22.4 Å². The van der Waals surface area contributed by atoms with Gasteiger partial charge in [0, 0.05) is 12.1 Å². The lowest BCUT2D eigenvalue weighted by Crippen LogP contribution is -2.29. The van der Waals surface area contributed by atoms with Crippen LogP contribution in [0.5, 0.6) is 5.75 Å². The lowest BCUT2D eigenvalue weighted by Gasteiger charge is -2.17. The van der Waals surface area contributed by atoms with Gasteiger partial charge in [-0.25, -0.2) is 17.6 Å². The zero-order chi connectivity index (χ0) is 22.6. The third-order valence-electron chi connectivity index (χ3n) is 5.81. The maximum Gasteiger partial charge on any atom is 0.324 e. The molecule has 0 bridgehead atoms. The Morgan fingerprint density at radius 3 is 2.61 bits per heavy atom. The van der Waals surface area contributed by atoms with Gasteiger partial charge in [-0.2, -0.15) is 0 Å². The zero-order valence-electron chi connectivity index (χ0n) is 18.2. The Balaban J connectivity index is 1.46. The van der Waals surface area contributed by atoms with Crippen LogP contribution >= 0.6 is 0 Å². The molecule has 1 aromatic rings. The second kappa shape index (κ2) is 9.97. The Morgan fingerprint density at radius 1 is 1.23 bits per heavy atom. The van der Waals surface area contributed by atoms with Gasteiger partial charge in [-0.1, -0.05) is 13.3 Å². The van der Waals surface area contributed by atoms with Gasteiger partial charge in [0.25, 0.3) is 0 Å². The first kappa shape index (κ1) is 23.5. The Kier molecular flexibility index (Phi) is 7.56. The number of ether oxygens (including phenoxy) is 1. The summed E-state index contributed by atoms with van der Waals surface area (Å²) in [5.74, 6) is -0.00248. The highest BCUT2D eigenvalue weighted by atomic mass is 32.2. The van der Waals surface area contributed by atoms with Gasteiger partial charge in [-0.05, 0) is 62.1 Å². The second-order valence-electron chi connectivity index (χ2n) is 8.73. The number of halogens is 1. The minimum atomic E-state index is -3.31. The molecule has 172 valence electrons. The number of carbonyl (C=O) groups excluding carboxylic acids is 2. The first-order valence-corrected chi connectivity index (χ1v) is 12.7. The van der Waals surface area contributed by atoms with Crippen molar-refractivity contribution in [2.75, 3.05) is 31.2 Å². The van der Waals surface area contributed by atoms with Crippen LogP contribution in [-0.2, 0) is 14.6 Å². The van der Waals surface area contributed by atoms with Gasteiger partial charge in [-0.15, -0.1) is 0 Å². The van der Waals surface area contributed by atoms with Crippen molar-refractivity contribution in [3.63, 3.8) is 0 Å². The first-order chi connectivity index (χ1) is 14.6. The highest BCUT2D eigenvalue weighted by Gasteiger charge is 2.26. The quantitative estimate of drug-likeness (QED) is 0.387. The molecule has 1 saturated carbocycles. The standard InChI is InChI=1S/C22H31FN2O5S/c1-15(18-10-19(23)16(2)20(11-18)30-13-17-6-7-17)14-31(28,29)9-5-3-4-8-25-12-21(26)24-22(25)27/h10-11,15,17H,3-9,12-14H2,1-2H3,(H,24,26,27)/t15-/m0/s1. The largest absolute Gasteiger partial charge is 0.493 e. The molecule has 7 nitrogen and oxygen atoms in total. The third-order valence-corrected chi connectivity index (χ3v) is 7.73. The van der Waals surface area contributed by atoms with Crippen molar-refractivity contribution < 1.29 is 27.1 Å². The fraction of sp³-hybridized carbons (Fsp3) is 0.636. The average molecular weight is 455 g/mol. The molecule has 0 unspecified atom stereocenters. The van der Waals surface area contributed by atoms with Gasteiger partial charge in [-0.3, -0.25) is 10.1 Å². The predicted octanol–water partition coefficient (Wildman–Crippen LogP) is 3.16. The summed E-state index contributed by atoms with van der Waals surface area (Å²) < 4.78 is 45.2. The fourth-order valence-corrected chi connectivity index (χ4v) is 5.39. The third kappa shape index (κ3) is 6.92. The molecule has 1 aliphatic carbocycles. The van der Waals surface area contributed by atoms with Gasteiger partial charge < -0.3 is 9.64 Å². The molecule has 0 aromatic heterocycles. The highest BCUT2D eigenvalue weighted by molar-refractivity contribution is 7.91. The van der Waals surface area contributed by atoms with Crippen LogP contribution in [0.4, 0.5) is 9.18 Å². The molecule has 0 spiro atoms. The summed E-state index contributed by atoms with van der Waals surface area (Å²) in [7, 11) is -3.31. The maximum absolute atomic E-state index is 14.4. The van der Waals surface area contributed by atoms with E-state index in [1.54, 1.807) is 19.9 Å². The number of imide groups is 1. The average Bonchev–Trinajstić information content (AvgIpc) is 3.46. The number of amides is 3. The SMILES string of the molecule is Cc1c(F)cc([C@@H](C)CS(=O)(=O)CCCCCN2CC(=O)NC2=O)cc1OCC1CC1. The van der Waals surface area contributed by atoms with Crippen LogP contribution in [0.3, 0.4) is 0 Å². The van der Waals surface area contributed by atoms with E-state index in [4.69, 9.17) is 4.74 Å². The number of nitrogens with zero attached hydrogens (tertiary/aromatic N) is 1. The molecule has 2 aliphatic rings. The van der Waals surface area contributed by atoms with Crippen molar-refractivity contribution >= 4 is 21.8 Å². The van der Waals surface area contributed by atoms with Crippen LogP contribution in [0.15, 0.2) is 12.1 Å². The van der Waals surface area contributed by atoms with Crippen LogP contribution in [0, 0.1) is 18.7 Å². The molecule has 1 atom stereocenters. The molecule has 1 saturated heterocycles. The number of rotatable bonds is 12. The molecule has 0 radical (unpaired) electrons. The van der Waals surface area contributed by atoms with Gasteiger partial charge in [0.2, 0.25) is 5.91 Å². The van der Waals surface area contributed by atoms with E-state index in [-0.39, 0.29) is 35.7 Å². The number of hydrogen-bond donors (Lipinski definition) is 1. The van der Waals surface area contributed by atoms with Gasteiger partial charge >= 0.3 is 6.03 Å². The number of nitrogens with one attached hydrogen (secondary N) is 1.